The molecule has 0 atom stereocenters. The van der Waals surface area contributed by atoms with E-state index >= 15 is 0 Å². The van der Waals surface area contributed by atoms with Crippen LogP contribution in [0.25, 0.3) is 17.3 Å². The van der Waals surface area contributed by atoms with Crippen LogP contribution in [-0.2, 0) is 0 Å². The number of carbonyl (C=O) groups excluding carboxylic acids is 1. The Morgan fingerprint density at radius 2 is 2.00 bits per heavy atom. The third kappa shape index (κ3) is 1.56. The number of hydrogen-bond donors (Lipinski definition) is 1. The Hall–Kier alpha value is -2.57. The lowest BCUT2D eigenvalue weighted by molar-refractivity contribution is 0.101. The minimum absolute atomic E-state index is 0.0661. The summed E-state index contributed by atoms with van der Waals surface area (Å²) < 4.78 is 1.71. The number of aromatic nitrogens is 6. The molecule has 0 unspecified atom stereocenters. The number of carbonyl (C=O) groups is 1. The molecule has 0 saturated heterocycles. The van der Waals surface area contributed by atoms with E-state index < -0.39 is 0 Å². The molecular weight excluding hydrogens is 232 g/mol. The molecule has 0 saturated carbocycles. The van der Waals surface area contributed by atoms with Crippen molar-refractivity contribution in [3.8, 4) is 11.6 Å². The third-order valence-corrected chi connectivity index (χ3v) is 2.58. The molecule has 3 aromatic rings. The van der Waals surface area contributed by atoms with Gasteiger partial charge in [-0.1, -0.05) is 0 Å². The zero-order valence-corrected chi connectivity index (χ0v) is 9.88. The molecule has 0 aromatic carbocycles. The average Bonchev–Trinajstić information content (AvgIpc) is 2.88. The van der Waals surface area contributed by atoms with Crippen molar-refractivity contribution in [1.82, 2.24) is 29.8 Å². The van der Waals surface area contributed by atoms with Crippen LogP contribution in [0, 0.1) is 6.92 Å². The number of fused-ring (bicyclic) bond motifs is 1. The van der Waals surface area contributed by atoms with Gasteiger partial charge in [0, 0.05) is 24.2 Å². The lowest BCUT2D eigenvalue weighted by Gasteiger charge is -1.97. The number of aryl methyl sites for hydroxylation is 1. The van der Waals surface area contributed by atoms with Gasteiger partial charge in [0.25, 0.3) is 0 Å². The highest BCUT2D eigenvalue weighted by molar-refractivity contribution is 5.93. The van der Waals surface area contributed by atoms with Gasteiger partial charge in [0.15, 0.2) is 17.3 Å². The van der Waals surface area contributed by atoms with Gasteiger partial charge in [0.05, 0.1) is 5.56 Å². The van der Waals surface area contributed by atoms with E-state index in [4.69, 9.17) is 0 Å². The number of rotatable bonds is 2. The van der Waals surface area contributed by atoms with Gasteiger partial charge in [-0.3, -0.25) is 9.89 Å². The summed E-state index contributed by atoms with van der Waals surface area (Å²) in [5, 5.41) is 11.1. The lowest BCUT2D eigenvalue weighted by atomic mass is 10.2. The predicted molar refractivity (Wildman–Crippen MR) is 63.1 cm³/mol. The van der Waals surface area contributed by atoms with Crippen molar-refractivity contribution in [3.63, 3.8) is 0 Å². The van der Waals surface area contributed by atoms with E-state index in [1.165, 1.54) is 19.3 Å². The fourth-order valence-electron chi connectivity index (χ4n) is 1.67. The molecule has 0 fully saturated rings. The highest BCUT2D eigenvalue weighted by Crippen LogP contribution is 2.14. The summed E-state index contributed by atoms with van der Waals surface area (Å²) in [5.41, 5.74) is 2.16. The van der Waals surface area contributed by atoms with Gasteiger partial charge < -0.3 is 0 Å². The third-order valence-electron chi connectivity index (χ3n) is 2.58. The minimum atomic E-state index is -0.0661. The van der Waals surface area contributed by atoms with E-state index in [0.717, 1.165) is 5.69 Å². The van der Waals surface area contributed by atoms with Crippen molar-refractivity contribution in [3.05, 3.63) is 29.7 Å². The first-order valence-electron chi connectivity index (χ1n) is 5.39. The van der Waals surface area contributed by atoms with Gasteiger partial charge in [0.1, 0.15) is 0 Å². The zero-order valence-electron chi connectivity index (χ0n) is 9.88. The topological polar surface area (TPSA) is 88.8 Å². The van der Waals surface area contributed by atoms with E-state index in [2.05, 4.69) is 25.3 Å². The Bertz CT molecular complexity index is 724. The molecular formula is C11H10N6O. The zero-order chi connectivity index (χ0) is 12.7. The number of Topliss-reactive ketones (excluding diaryl/α,β-unsaturated/α-hetero) is 1. The molecule has 18 heavy (non-hydrogen) atoms. The van der Waals surface area contributed by atoms with Gasteiger partial charge in [-0.2, -0.15) is 0 Å². The van der Waals surface area contributed by atoms with Crippen molar-refractivity contribution in [1.29, 1.82) is 0 Å². The monoisotopic (exact) mass is 242 g/mol. The van der Waals surface area contributed by atoms with Gasteiger partial charge >= 0.3 is 0 Å². The summed E-state index contributed by atoms with van der Waals surface area (Å²) in [7, 11) is 0. The second kappa shape index (κ2) is 3.73. The van der Waals surface area contributed by atoms with Crippen LogP contribution in [0.5, 0.6) is 0 Å². The van der Waals surface area contributed by atoms with Crippen molar-refractivity contribution >= 4 is 11.4 Å². The van der Waals surface area contributed by atoms with E-state index in [1.54, 1.807) is 4.52 Å². The summed E-state index contributed by atoms with van der Waals surface area (Å²) in [6.45, 7) is 3.40. The number of aromatic amines is 1. The van der Waals surface area contributed by atoms with Crippen LogP contribution in [0.2, 0.25) is 0 Å². The second-order valence-corrected chi connectivity index (χ2v) is 4.01. The summed E-state index contributed by atoms with van der Waals surface area (Å²) in [4.78, 5) is 19.4. The Morgan fingerprint density at radius 1 is 1.28 bits per heavy atom. The van der Waals surface area contributed by atoms with Crippen molar-refractivity contribution < 1.29 is 4.79 Å². The van der Waals surface area contributed by atoms with Crippen LogP contribution in [-0.4, -0.2) is 35.6 Å². The quantitative estimate of drug-likeness (QED) is 0.678. The Labute approximate surface area is 102 Å². The largest absolute Gasteiger partial charge is 0.295 e. The molecule has 3 aromatic heterocycles. The SMILES string of the molecule is CC(=O)c1cnc(-c2nnc3cc(C)[nH]n23)nc1. The molecule has 7 nitrogen and oxygen atoms in total. The molecule has 0 spiro atoms. The Balaban J connectivity index is 2.11. The number of nitrogens with zero attached hydrogens (tertiary/aromatic N) is 5. The van der Waals surface area contributed by atoms with Crippen LogP contribution in [0.15, 0.2) is 18.5 Å². The predicted octanol–water partition coefficient (Wildman–Crippen LogP) is 1.03. The average molecular weight is 242 g/mol. The van der Waals surface area contributed by atoms with Gasteiger partial charge in [-0.15, -0.1) is 10.2 Å². The van der Waals surface area contributed by atoms with E-state index in [0.29, 0.717) is 22.9 Å². The summed E-state index contributed by atoms with van der Waals surface area (Å²) in [5.74, 6) is 0.881. The number of H-pyrrole nitrogens is 1. The fraction of sp³-hybridized carbons (Fsp3) is 0.182. The molecule has 3 heterocycles. The first-order chi connectivity index (χ1) is 8.65. The summed E-state index contributed by atoms with van der Waals surface area (Å²) in [6.07, 6.45) is 2.98. The molecule has 90 valence electrons. The normalized spacial score (nSPS) is 11.0. The first-order valence-corrected chi connectivity index (χ1v) is 5.39. The maximum atomic E-state index is 11.1. The smallest absolute Gasteiger partial charge is 0.221 e. The molecule has 3 rings (SSSR count). The highest BCUT2D eigenvalue weighted by Gasteiger charge is 2.12. The van der Waals surface area contributed by atoms with E-state index in [1.807, 2.05) is 13.0 Å². The minimum Gasteiger partial charge on any atom is -0.295 e. The number of hydrogen-bond acceptors (Lipinski definition) is 5. The number of ketones is 1. The van der Waals surface area contributed by atoms with Gasteiger partial charge in [0.2, 0.25) is 5.82 Å². The van der Waals surface area contributed by atoms with Crippen LogP contribution in [0.3, 0.4) is 0 Å². The van der Waals surface area contributed by atoms with Crippen molar-refractivity contribution in [2.24, 2.45) is 0 Å². The molecule has 0 amide bonds. The molecule has 0 aliphatic carbocycles. The molecule has 7 heteroatoms. The Kier molecular flexibility index (Phi) is 2.19. The summed E-state index contributed by atoms with van der Waals surface area (Å²) >= 11 is 0. The van der Waals surface area contributed by atoms with E-state index in [-0.39, 0.29) is 5.78 Å². The first kappa shape index (κ1) is 10.6. The van der Waals surface area contributed by atoms with E-state index in [9.17, 15) is 4.79 Å². The standard InChI is InChI=1S/C11H10N6O/c1-6-3-9-14-15-11(17(9)16-6)10-12-4-8(5-13-10)7(2)18/h3-5,16H,1-2H3. The van der Waals surface area contributed by atoms with Crippen LogP contribution in [0.1, 0.15) is 23.0 Å². The molecule has 0 bridgehead atoms. The summed E-state index contributed by atoms with van der Waals surface area (Å²) in [6, 6.07) is 1.88. The molecule has 1 N–H and O–H groups in total. The van der Waals surface area contributed by atoms with Crippen LogP contribution >= 0.6 is 0 Å². The maximum absolute atomic E-state index is 11.1. The van der Waals surface area contributed by atoms with Gasteiger partial charge in [-0.25, -0.2) is 14.5 Å². The van der Waals surface area contributed by atoms with Crippen molar-refractivity contribution in [2.45, 2.75) is 13.8 Å². The van der Waals surface area contributed by atoms with Crippen LogP contribution in [0.4, 0.5) is 0 Å². The van der Waals surface area contributed by atoms with Gasteiger partial charge in [-0.05, 0) is 13.8 Å². The second-order valence-electron chi connectivity index (χ2n) is 4.01. The molecule has 0 radical (unpaired) electrons. The molecule has 0 aliphatic rings. The lowest BCUT2D eigenvalue weighted by Crippen LogP contribution is -1.99. The molecule has 0 aliphatic heterocycles. The fourth-order valence-corrected chi connectivity index (χ4v) is 1.67. The van der Waals surface area contributed by atoms with Crippen LogP contribution < -0.4 is 0 Å². The Morgan fingerprint density at radius 3 is 2.67 bits per heavy atom. The number of nitrogens with one attached hydrogen (secondary N) is 1. The van der Waals surface area contributed by atoms with Crippen molar-refractivity contribution in [2.75, 3.05) is 0 Å². The highest BCUT2D eigenvalue weighted by atomic mass is 16.1. The maximum Gasteiger partial charge on any atom is 0.221 e.